The number of nitrogens with one attached hydrogen (secondary N) is 1. The van der Waals surface area contributed by atoms with E-state index in [1.165, 1.54) is 10.6 Å². The van der Waals surface area contributed by atoms with Crippen molar-refractivity contribution in [2.24, 2.45) is 7.05 Å². The zero-order valence-electron chi connectivity index (χ0n) is 14.8. The first-order valence-corrected chi connectivity index (χ1v) is 8.90. The second kappa shape index (κ2) is 6.07. The van der Waals surface area contributed by atoms with Crippen molar-refractivity contribution in [3.05, 3.63) is 53.1 Å². The third-order valence-electron chi connectivity index (χ3n) is 5.10. The van der Waals surface area contributed by atoms with Gasteiger partial charge in [-0.05, 0) is 25.0 Å². The smallest absolute Gasteiger partial charge is 0.264 e. The van der Waals surface area contributed by atoms with E-state index in [0.717, 1.165) is 26.0 Å². The van der Waals surface area contributed by atoms with Crippen molar-refractivity contribution in [1.29, 1.82) is 0 Å². The SMILES string of the molecule is Cn1c(=O)c2c(F)cccc2n2cnc(N3C=CN(CC4CCCO4)N3)c12. The zero-order chi connectivity index (χ0) is 18.5. The number of hydrogen-bond acceptors (Lipinski definition) is 6. The summed E-state index contributed by atoms with van der Waals surface area (Å²) >= 11 is 0. The van der Waals surface area contributed by atoms with Crippen LogP contribution in [-0.4, -0.2) is 38.2 Å². The van der Waals surface area contributed by atoms with Crippen molar-refractivity contribution in [3.63, 3.8) is 0 Å². The van der Waals surface area contributed by atoms with Gasteiger partial charge in [-0.2, -0.15) is 0 Å². The van der Waals surface area contributed by atoms with Gasteiger partial charge in [0.25, 0.3) is 5.56 Å². The molecule has 27 heavy (non-hydrogen) atoms. The maximum atomic E-state index is 14.2. The molecule has 2 aliphatic heterocycles. The Hall–Kier alpha value is -2.91. The van der Waals surface area contributed by atoms with Crippen molar-refractivity contribution >= 4 is 22.4 Å². The molecular weight excluding hydrogens is 351 g/mol. The number of aromatic nitrogens is 3. The Labute approximate surface area is 154 Å². The Morgan fingerprint density at radius 3 is 3.07 bits per heavy atom. The Bertz CT molecular complexity index is 1110. The molecule has 0 spiro atoms. The molecule has 1 saturated heterocycles. The number of imidazole rings is 1. The number of benzene rings is 1. The molecule has 9 heteroatoms. The maximum Gasteiger partial charge on any atom is 0.264 e. The summed E-state index contributed by atoms with van der Waals surface area (Å²) in [7, 11) is 1.62. The lowest BCUT2D eigenvalue weighted by atomic mass is 10.2. The predicted molar refractivity (Wildman–Crippen MR) is 98.3 cm³/mol. The molecule has 1 fully saturated rings. The summed E-state index contributed by atoms with van der Waals surface area (Å²) in [6.45, 7) is 1.54. The molecule has 1 N–H and O–H groups in total. The molecule has 140 valence electrons. The Morgan fingerprint density at radius 2 is 2.26 bits per heavy atom. The van der Waals surface area contributed by atoms with Crippen molar-refractivity contribution < 1.29 is 9.13 Å². The van der Waals surface area contributed by atoms with Crippen molar-refractivity contribution in [1.82, 2.24) is 24.5 Å². The highest BCUT2D eigenvalue weighted by atomic mass is 19.1. The Morgan fingerprint density at radius 1 is 1.37 bits per heavy atom. The number of nitrogens with zero attached hydrogens (tertiary/aromatic N) is 5. The van der Waals surface area contributed by atoms with E-state index in [9.17, 15) is 9.18 Å². The monoisotopic (exact) mass is 370 g/mol. The van der Waals surface area contributed by atoms with Crippen LogP contribution in [0.15, 0.2) is 41.7 Å². The molecule has 0 amide bonds. The van der Waals surface area contributed by atoms with Gasteiger partial charge in [0.2, 0.25) is 0 Å². The van der Waals surface area contributed by atoms with Crippen molar-refractivity contribution in [2.45, 2.75) is 18.9 Å². The van der Waals surface area contributed by atoms with Gasteiger partial charge in [0, 0.05) is 26.1 Å². The van der Waals surface area contributed by atoms with E-state index in [2.05, 4.69) is 10.5 Å². The summed E-state index contributed by atoms with van der Waals surface area (Å²) < 4.78 is 23.0. The van der Waals surface area contributed by atoms with Crippen LogP contribution >= 0.6 is 0 Å². The fraction of sp³-hybridized carbons (Fsp3) is 0.333. The molecular formula is C18H19FN6O2. The average molecular weight is 370 g/mol. The minimum atomic E-state index is -0.535. The van der Waals surface area contributed by atoms with Gasteiger partial charge in [-0.15, -0.1) is 5.53 Å². The van der Waals surface area contributed by atoms with Crippen LogP contribution < -0.4 is 16.1 Å². The fourth-order valence-corrected chi connectivity index (χ4v) is 3.76. The highest BCUT2D eigenvalue weighted by Gasteiger charge is 2.25. The first-order chi connectivity index (χ1) is 13.1. The Kier molecular flexibility index (Phi) is 3.66. The molecule has 2 aliphatic rings. The van der Waals surface area contributed by atoms with Crippen LogP contribution in [-0.2, 0) is 11.8 Å². The number of fused-ring (bicyclic) bond motifs is 3. The molecule has 2 aromatic heterocycles. The average Bonchev–Trinajstić information content (AvgIpc) is 3.40. The minimum absolute atomic E-state index is 0.0568. The van der Waals surface area contributed by atoms with Gasteiger partial charge in [0.1, 0.15) is 12.1 Å². The van der Waals surface area contributed by atoms with E-state index < -0.39 is 11.4 Å². The fourth-order valence-electron chi connectivity index (χ4n) is 3.76. The highest BCUT2D eigenvalue weighted by molar-refractivity contribution is 5.84. The Balaban J connectivity index is 1.54. The molecule has 5 rings (SSSR count). The number of ether oxygens (including phenoxy) is 1. The van der Waals surface area contributed by atoms with Crippen LogP contribution in [0.3, 0.4) is 0 Å². The summed E-state index contributed by atoms with van der Waals surface area (Å²) in [5, 5.41) is 3.73. The van der Waals surface area contributed by atoms with Gasteiger partial charge in [-0.3, -0.25) is 18.8 Å². The van der Waals surface area contributed by atoms with Gasteiger partial charge in [-0.25, -0.2) is 14.4 Å². The van der Waals surface area contributed by atoms with E-state index >= 15 is 0 Å². The number of halogens is 1. The normalized spacial score (nSPS) is 19.9. The zero-order valence-corrected chi connectivity index (χ0v) is 14.8. The molecule has 3 aromatic rings. The lowest BCUT2D eigenvalue weighted by Crippen LogP contribution is -2.43. The summed E-state index contributed by atoms with van der Waals surface area (Å²) in [5.41, 5.74) is 3.91. The predicted octanol–water partition coefficient (Wildman–Crippen LogP) is 1.52. The second-order valence-corrected chi connectivity index (χ2v) is 6.82. The quantitative estimate of drug-likeness (QED) is 0.754. The van der Waals surface area contributed by atoms with Crippen molar-refractivity contribution in [2.75, 3.05) is 18.2 Å². The number of rotatable bonds is 3. The summed E-state index contributed by atoms with van der Waals surface area (Å²) in [4.78, 5) is 17.2. The molecule has 0 bridgehead atoms. The second-order valence-electron chi connectivity index (χ2n) is 6.82. The van der Waals surface area contributed by atoms with Gasteiger partial charge in [0.05, 0.1) is 23.6 Å². The van der Waals surface area contributed by atoms with Crippen LogP contribution in [0.1, 0.15) is 12.8 Å². The highest BCUT2D eigenvalue weighted by Crippen LogP contribution is 2.24. The molecule has 1 atom stereocenters. The van der Waals surface area contributed by atoms with E-state index in [0.29, 0.717) is 17.0 Å². The summed E-state index contributed by atoms with van der Waals surface area (Å²) in [6, 6.07) is 4.60. The number of aryl methyl sites for hydroxylation is 1. The van der Waals surface area contributed by atoms with E-state index in [1.807, 2.05) is 17.4 Å². The van der Waals surface area contributed by atoms with E-state index in [4.69, 9.17) is 4.74 Å². The summed E-state index contributed by atoms with van der Waals surface area (Å²) in [5.74, 6) is 0.0269. The largest absolute Gasteiger partial charge is 0.376 e. The lowest BCUT2D eigenvalue weighted by molar-refractivity contribution is 0.0766. The third-order valence-corrected chi connectivity index (χ3v) is 5.10. The van der Waals surface area contributed by atoms with Gasteiger partial charge < -0.3 is 4.74 Å². The lowest BCUT2D eigenvalue weighted by Gasteiger charge is -2.23. The number of hydrogen-bond donors (Lipinski definition) is 1. The van der Waals surface area contributed by atoms with Crippen LogP contribution in [0, 0.1) is 5.82 Å². The van der Waals surface area contributed by atoms with Gasteiger partial charge in [0.15, 0.2) is 11.5 Å². The molecule has 1 unspecified atom stereocenters. The summed E-state index contributed by atoms with van der Waals surface area (Å²) in [6.07, 6.45) is 7.69. The number of hydrazine groups is 2. The minimum Gasteiger partial charge on any atom is -0.376 e. The molecule has 4 heterocycles. The van der Waals surface area contributed by atoms with Crippen LogP contribution in [0.5, 0.6) is 0 Å². The number of anilines is 1. The van der Waals surface area contributed by atoms with Gasteiger partial charge >= 0.3 is 0 Å². The van der Waals surface area contributed by atoms with Crippen molar-refractivity contribution in [3.8, 4) is 0 Å². The maximum absolute atomic E-state index is 14.2. The first kappa shape index (κ1) is 16.3. The molecule has 8 nitrogen and oxygen atoms in total. The topological polar surface area (TPSA) is 67.0 Å². The van der Waals surface area contributed by atoms with Crippen LogP contribution in [0.4, 0.5) is 10.2 Å². The molecule has 0 saturated carbocycles. The van der Waals surface area contributed by atoms with Gasteiger partial charge in [-0.1, -0.05) is 6.07 Å². The molecule has 1 aromatic carbocycles. The van der Waals surface area contributed by atoms with Crippen LogP contribution in [0.25, 0.3) is 16.6 Å². The first-order valence-electron chi connectivity index (χ1n) is 8.90. The standard InChI is InChI=1S/C18H19FN6O2/c1-22-17-16(25-8-7-23(21-25)10-12-4-3-9-27-12)20-11-24(17)14-6-2-5-13(19)15(14)18(22)26/h2,5-8,11-12,21H,3-4,9-10H2,1H3. The third kappa shape index (κ3) is 2.50. The molecule has 0 radical (unpaired) electrons. The van der Waals surface area contributed by atoms with E-state index in [1.54, 1.807) is 34.9 Å². The van der Waals surface area contributed by atoms with E-state index in [-0.39, 0.29) is 11.5 Å². The van der Waals surface area contributed by atoms with Crippen LogP contribution in [0.2, 0.25) is 0 Å². The molecule has 0 aliphatic carbocycles.